The van der Waals surface area contributed by atoms with Crippen LogP contribution in [0, 0.1) is 11.7 Å². The zero-order valence-electron chi connectivity index (χ0n) is 15.6. The second kappa shape index (κ2) is 8.80. The molecule has 1 fully saturated rings. The van der Waals surface area contributed by atoms with Crippen LogP contribution in [0.1, 0.15) is 43.0 Å². The maximum atomic E-state index is 12.9. The first kappa shape index (κ1) is 19.1. The zero-order valence-corrected chi connectivity index (χ0v) is 15.6. The summed E-state index contributed by atoms with van der Waals surface area (Å²) in [7, 11) is 0. The Kier molecular flexibility index (Phi) is 6.22. The van der Waals surface area contributed by atoms with E-state index in [0.29, 0.717) is 5.56 Å². The summed E-state index contributed by atoms with van der Waals surface area (Å²) >= 11 is 0. The molecule has 5 heteroatoms. The van der Waals surface area contributed by atoms with E-state index in [9.17, 15) is 14.0 Å². The molecule has 27 heavy (non-hydrogen) atoms. The monoisotopic (exact) mass is 368 g/mol. The molecule has 142 valence electrons. The minimum atomic E-state index is -0.383. The molecule has 0 aliphatic carbocycles. The molecule has 1 aliphatic rings. The van der Waals surface area contributed by atoms with Crippen molar-refractivity contribution in [3.8, 4) is 0 Å². The van der Waals surface area contributed by atoms with Crippen LogP contribution >= 0.6 is 0 Å². The molecule has 2 aromatic carbocycles. The van der Waals surface area contributed by atoms with Gasteiger partial charge >= 0.3 is 0 Å². The molecular weight excluding hydrogens is 343 g/mol. The average Bonchev–Trinajstić information content (AvgIpc) is 2.68. The predicted molar refractivity (Wildman–Crippen MR) is 106 cm³/mol. The molecule has 0 aromatic heterocycles. The van der Waals surface area contributed by atoms with E-state index in [2.05, 4.69) is 17.1 Å². The minimum Gasteiger partial charge on any atom is -0.372 e. The molecule has 1 amide bonds. The van der Waals surface area contributed by atoms with Gasteiger partial charge in [0.25, 0.3) is 0 Å². The first-order chi connectivity index (χ1) is 13.0. The van der Waals surface area contributed by atoms with Gasteiger partial charge in [-0.15, -0.1) is 0 Å². The van der Waals surface area contributed by atoms with Crippen molar-refractivity contribution in [2.45, 2.75) is 32.6 Å². The van der Waals surface area contributed by atoms with E-state index in [0.717, 1.165) is 24.7 Å². The van der Waals surface area contributed by atoms with Crippen molar-refractivity contribution < 1.29 is 14.0 Å². The molecule has 2 aromatic rings. The number of hydrogen-bond acceptors (Lipinski definition) is 3. The lowest BCUT2D eigenvalue weighted by molar-refractivity contribution is -0.116. The van der Waals surface area contributed by atoms with Gasteiger partial charge in [-0.05, 0) is 67.3 Å². The fourth-order valence-corrected chi connectivity index (χ4v) is 3.25. The lowest BCUT2D eigenvalue weighted by atomic mass is 9.99. The number of piperidine rings is 1. The molecule has 1 aliphatic heterocycles. The summed E-state index contributed by atoms with van der Waals surface area (Å²) in [6, 6.07) is 13.2. The van der Waals surface area contributed by atoms with E-state index in [-0.39, 0.29) is 30.3 Å². The summed E-state index contributed by atoms with van der Waals surface area (Å²) in [6.45, 7) is 4.42. The number of Topliss-reactive ketones (excluding diaryl/α,β-unsaturated/α-hetero) is 1. The van der Waals surface area contributed by atoms with Gasteiger partial charge < -0.3 is 10.2 Å². The van der Waals surface area contributed by atoms with Gasteiger partial charge in [0.15, 0.2) is 5.78 Å². The van der Waals surface area contributed by atoms with Crippen LogP contribution in [0.2, 0.25) is 0 Å². The third-order valence-corrected chi connectivity index (χ3v) is 5.05. The van der Waals surface area contributed by atoms with Crippen molar-refractivity contribution in [2.24, 2.45) is 5.92 Å². The van der Waals surface area contributed by atoms with Crippen molar-refractivity contribution in [3.05, 3.63) is 59.9 Å². The fraction of sp³-hybridized carbons (Fsp3) is 0.364. The number of benzene rings is 2. The molecule has 4 nitrogen and oxygen atoms in total. The lowest BCUT2D eigenvalue weighted by Gasteiger charge is -2.32. The Labute approximate surface area is 159 Å². The maximum absolute atomic E-state index is 12.9. The van der Waals surface area contributed by atoms with Gasteiger partial charge in [-0.2, -0.15) is 0 Å². The Balaban J connectivity index is 1.47. The van der Waals surface area contributed by atoms with Crippen LogP contribution in [0.3, 0.4) is 0 Å². The fourth-order valence-electron chi connectivity index (χ4n) is 3.25. The highest BCUT2D eigenvalue weighted by Crippen LogP contribution is 2.24. The van der Waals surface area contributed by atoms with Crippen LogP contribution < -0.4 is 10.2 Å². The summed E-state index contributed by atoms with van der Waals surface area (Å²) in [5, 5.41) is 2.83. The quantitative estimate of drug-likeness (QED) is 0.754. The zero-order chi connectivity index (χ0) is 19.2. The van der Waals surface area contributed by atoms with Crippen LogP contribution in [0.4, 0.5) is 15.8 Å². The van der Waals surface area contributed by atoms with E-state index >= 15 is 0 Å². The van der Waals surface area contributed by atoms with Crippen molar-refractivity contribution in [1.82, 2.24) is 0 Å². The molecule has 0 atom stereocenters. The number of halogens is 1. The third-order valence-electron chi connectivity index (χ3n) is 5.05. The molecule has 1 N–H and O–H groups in total. The van der Waals surface area contributed by atoms with Crippen LogP contribution in [0.5, 0.6) is 0 Å². The Hall–Kier alpha value is -2.69. The topological polar surface area (TPSA) is 49.4 Å². The molecular formula is C22H25FN2O2. The Morgan fingerprint density at radius 3 is 2.26 bits per heavy atom. The number of nitrogens with one attached hydrogen (secondary N) is 1. The van der Waals surface area contributed by atoms with E-state index in [1.807, 2.05) is 24.3 Å². The van der Waals surface area contributed by atoms with Gasteiger partial charge in [-0.3, -0.25) is 9.59 Å². The van der Waals surface area contributed by atoms with Gasteiger partial charge in [0.05, 0.1) is 0 Å². The molecule has 0 bridgehead atoms. The lowest BCUT2D eigenvalue weighted by Crippen LogP contribution is -2.32. The number of amides is 1. The number of anilines is 2. The minimum absolute atomic E-state index is 0.0987. The molecule has 0 saturated carbocycles. The summed E-state index contributed by atoms with van der Waals surface area (Å²) in [5.41, 5.74) is 2.32. The summed E-state index contributed by atoms with van der Waals surface area (Å²) in [5.74, 6) is 0.0362. The second-order valence-electron chi connectivity index (χ2n) is 7.19. The first-order valence-electron chi connectivity index (χ1n) is 9.45. The Morgan fingerprint density at radius 1 is 1.00 bits per heavy atom. The molecule has 1 heterocycles. The number of carbonyl (C=O) groups excluding carboxylic acids is 2. The van der Waals surface area contributed by atoms with Crippen LogP contribution in [-0.2, 0) is 4.79 Å². The van der Waals surface area contributed by atoms with Crippen molar-refractivity contribution >= 4 is 23.1 Å². The van der Waals surface area contributed by atoms with E-state index in [1.54, 1.807) is 0 Å². The average molecular weight is 368 g/mol. The summed E-state index contributed by atoms with van der Waals surface area (Å²) in [6.07, 6.45) is 2.62. The van der Waals surface area contributed by atoms with Gasteiger partial charge in [-0.1, -0.05) is 6.92 Å². The highest BCUT2D eigenvalue weighted by molar-refractivity contribution is 6.00. The number of carbonyl (C=O) groups is 2. The second-order valence-corrected chi connectivity index (χ2v) is 7.19. The van der Waals surface area contributed by atoms with Gasteiger partial charge in [0.2, 0.25) is 5.91 Å². The van der Waals surface area contributed by atoms with Gasteiger partial charge in [-0.25, -0.2) is 4.39 Å². The van der Waals surface area contributed by atoms with Crippen molar-refractivity contribution in [2.75, 3.05) is 23.3 Å². The molecule has 0 spiro atoms. The SMILES string of the molecule is CC1CCN(c2ccc(NC(=O)CCC(=O)c3ccc(F)cc3)cc2)CC1. The van der Waals surface area contributed by atoms with Crippen LogP contribution in [0.15, 0.2) is 48.5 Å². The Morgan fingerprint density at radius 2 is 1.63 bits per heavy atom. The van der Waals surface area contributed by atoms with E-state index in [4.69, 9.17) is 0 Å². The number of nitrogens with zero attached hydrogens (tertiary/aromatic N) is 1. The van der Waals surface area contributed by atoms with Gasteiger partial charge in [0.1, 0.15) is 5.82 Å². The highest BCUT2D eigenvalue weighted by atomic mass is 19.1. The van der Waals surface area contributed by atoms with E-state index in [1.165, 1.54) is 42.8 Å². The molecule has 0 unspecified atom stereocenters. The summed E-state index contributed by atoms with van der Waals surface area (Å²) in [4.78, 5) is 26.5. The van der Waals surface area contributed by atoms with E-state index < -0.39 is 0 Å². The summed E-state index contributed by atoms with van der Waals surface area (Å²) < 4.78 is 12.9. The third kappa shape index (κ3) is 5.39. The predicted octanol–water partition coefficient (Wildman–Crippen LogP) is 4.66. The molecule has 1 saturated heterocycles. The van der Waals surface area contributed by atoms with Gasteiger partial charge in [0, 0.05) is 42.9 Å². The van der Waals surface area contributed by atoms with Crippen molar-refractivity contribution in [3.63, 3.8) is 0 Å². The molecule has 3 rings (SSSR count). The standard InChI is InChI=1S/C22H25FN2O2/c1-16-12-14-25(15-13-16)20-8-6-19(7-9-20)24-22(27)11-10-21(26)17-2-4-18(23)5-3-17/h2-9,16H,10-15H2,1H3,(H,24,27). The van der Waals surface area contributed by atoms with Crippen LogP contribution in [0.25, 0.3) is 0 Å². The number of rotatable bonds is 6. The van der Waals surface area contributed by atoms with Crippen LogP contribution in [-0.4, -0.2) is 24.8 Å². The Bertz CT molecular complexity index is 779. The first-order valence-corrected chi connectivity index (χ1v) is 9.45. The highest BCUT2D eigenvalue weighted by Gasteiger charge is 2.16. The largest absolute Gasteiger partial charge is 0.372 e. The number of hydrogen-bond donors (Lipinski definition) is 1. The molecule has 0 radical (unpaired) electrons. The maximum Gasteiger partial charge on any atom is 0.224 e. The normalized spacial score (nSPS) is 14.8. The smallest absolute Gasteiger partial charge is 0.224 e. The number of ketones is 1. The van der Waals surface area contributed by atoms with Crippen molar-refractivity contribution in [1.29, 1.82) is 0 Å².